The van der Waals surface area contributed by atoms with Crippen molar-refractivity contribution < 1.29 is 14.3 Å². The van der Waals surface area contributed by atoms with Crippen molar-refractivity contribution in [2.24, 2.45) is 0 Å². The Labute approximate surface area is 158 Å². The number of benzene rings is 2. The number of ether oxygens (including phenoxy) is 2. The number of H-pyrrole nitrogens is 1. The van der Waals surface area contributed by atoms with E-state index in [0.29, 0.717) is 13.0 Å². The number of para-hydroxylation sites is 1. The van der Waals surface area contributed by atoms with Crippen LogP contribution in [0.15, 0.2) is 48.7 Å². The minimum absolute atomic E-state index is 0.133. The van der Waals surface area contributed by atoms with Gasteiger partial charge in [0.05, 0.1) is 20.3 Å². The van der Waals surface area contributed by atoms with Crippen molar-refractivity contribution in [2.45, 2.75) is 25.3 Å². The number of carbonyl (C=O) groups is 1. The summed E-state index contributed by atoms with van der Waals surface area (Å²) in [7, 11) is 3.27. The largest absolute Gasteiger partial charge is 0.493 e. The minimum atomic E-state index is 0.133. The second-order valence-electron chi connectivity index (χ2n) is 6.87. The Hall–Kier alpha value is -2.95. The monoisotopic (exact) mass is 364 g/mol. The molecule has 4 rings (SSSR count). The van der Waals surface area contributed by atoms with Crippen molar-refractivity contribution in [3.63, 3.8) is 0 Å². The molecule has 1 amide bonds. The molecule has 0 bridgehead atoms. The highest BCUT2D eigenvalue weighted by molar-refractivity contribution is 5.86. The summed E-state index contributed by atoms with van der Waals surface area (Å²) in [5.41, 5.74) is 3.46. The van der Waals surface area contributed by atoms with Crippen LogP contribution >= 0.6 is 0 Å². The molecule has 1 N–H and O–H groups in total. The maximum atomic E-state index is 12.5. The van der Waals surface area contributed by atoms with Crippen LogP contribution in [0.5, 0.6) is 11.5 Å². The molecular weight excluding hydrogens is 340 g/mol. The van der Waals surface area contributed by atoms with Crippen molar-refractivity contribution in [1.82, 2.24) is 9.88 Å². The normalized spacial score (nSPS) is 16.9. The van der Waals surface area contributed by atoms with E-state index >= 15 is 0 Å². The second kappa shape index (κ2) is 7.35. The third-order valence-corrected chi connectivity index (χ3v) is 5.40. The molecule has 0 spiro atoms. The number of carbonyl (C=O) groups excluding carboxylic acids is 1. The summed E-state index contributed by atoms with van der Waals surface area (Å²) in [6.07, 6.45) is 4.31. The van der Waals surface area contributed by atoms with Gasteiger partial charge < -0.3 is 19.4 Å². The van der Waals surface area contributed by atoms with Gasteiger partial charge in [0.25, 0.3) is 0 Å². The van der Waals surface area contributed by atoms with Crippen LogP contribution in [0.3, 0.4) is 0 Å². The first-order valence-electron chi connectivity index (χ1n) is 9.27. The Kier molecular flexibility index (Phi) is 4.75. The Bertz CT molecular complexity index is 963. The van der Waals surface area contributed by atoms with Gasteiger partial charge >= 0.3 is 0 Å². The van der Waals surface area contributed by atoms with E-state index in [1.165, 1.54) is 10.9 Å². The fourth-order valence-electron chi connectivity index (χ4n) is 3.99. The molecule has 3 aromatic rings. The van der Waals surface area contributed by atoms with Gasteiger partial charge in [-0.15, -0.1) is 0 Å². The maximum Gasteiger partial charge on any atom is 0.223 e. The van der Waals surface area contributed by atoms with Crippen LogP contribution < -0.4 is 9.47 Å². The quantitative estimate of drug-likeness (QED) is 0.717. The molecule has 1 aliphatic heterocycles. The molecule has 27 heavy (non-hydrogen) atoms. The number of nitrogens with one attached hydrogen (secondary N) is 1. The summed E-state index contributed by atoms with van der Waals surface area (Å²) in [4.78, 5) is 17.9. The zero-order valence-electron chi connectivity index (χ0n) is 15.7. The molecule has 1 atom stereocenters. The fraction of sp³-hybridized carbons (Fsp3) is 0.318. The third kappa shape index (κ3) is 3.25. The molecule has 0 radical (unpaired) electrons. The van der Waals surface area contributed by atoms with Crippen molar-refractivity contribution in [2.75, 3.05) is 20.8 Å². The molecule has 0 aliphatic carbocycles. The molecule has 2 heterocycles. The molecule has 1 saturated heterocycles. The highest BCUT2D eigenvalue weighted by Crippen LogP contribution is 2.37. The van der Waals surface area contributed by atoms with Gasteiger partial charge in [-0.1, -0.05) is 24.3 Å². The predicted molar refractivity (Wildman–Crippen MR) is 105 cm³/mol. The number of likely N-dealkylation sites (tertiary alicyclic amines) is 1. The molecule has 5 heteroatoms. The zero-order valence-corrected chi connectivity index (χ0v) is 15.7. The number of hydrogen-bond donors (Lipinski definition) is 1. The number of aromatic amines is 1. The molecule has 5 nitrogen and oxygen atoms in total. The summed E-state index contributed by atoms with van der Waals surface area (Å²) in [5, 5.41) is 1.20. The van der Waals surface area contributed by atoms with E-state index in [0.717, 1.165) is 35.4 Å². The number of aromatic nitrogens is 1. The van der Waals surface area contributed by atoms with Gasteiger partial charge in [-0.05, 0) is 42.2 Å². The predicted octanol–water partition coefficient (Wildman–Crippen LogP) is 4.09. The maximum absolute atomic E-state index is 12.5. The first-order chi connectivity index (χ1) is 13.2. The molecule has 140 valence electrons. The van der Waals surface area contributed by atoms with Gasteiger partial charge in [0.15, 0.2) is 11.5 Å². The van der Waals surface area contributed by atoms with Crippen LogP contribution in [0.2, 0.25) is 0 Å². The SMILES string of the molecule is COc1ccc(CCN2C(=O)CCC2c2c[nH]c3ccccc23)cc1OC. The van der Waals surface area contributed by atoms with Crippen molar-refractivity contribution in [3.8, 4) is 11.5 Å². The van der Waals surface area contributed by atoms with Crippen molar-refractivity contribution in [1.29, 1.82) is 0 Å². The number of nitrogens with zero attached hydrogens (tertiary/aromatic N) is 1. The Morgan fingerprint density at radius 1 is 1.11 bits per heavy atom. The lowest BCUT2D eigenvalue weighted by Gasteiger charge is -2.25. The average Bonchev–Trinajstić information content (AvgIpc) is 3.29. The Morgan fingerprint density at radius 3 is 2.74 bits per heavy atom. The van der Waals surface area contributed by atoms with Crippen LogP contribution in [0, 0.1) is 0 Å². The van der Waals surface area contributed by atoms with Crippen LogP contribution in [0.4, 0.5) is 0 Å². The minimum Gasteiger partial charge on any atom is -0.493 e. The smallest absolute Gasteiger partial charge is 0.223 e. The van der Waals surface area contributed by atoms with Gasteiger partial charge in [-0.3, -0.25) is 4.79 Å². The van der Waals surface area contributed by atoms with Gasteiger partial charge in [-0.2, -0.15) is 0 Å². The van der Waals surface area contributed by atoms with Gasteiger partial charge in [0.2, 0.25) is 5.91 Å². The van der Waals surface area contributed by atoms with Crippen LogP contribution in [0.25, 0.3) is 10.9 Å². The molecule has 1 fully saturated rings. The van der Waals surface area contributed by atoms with E-state index in [-0.39, 0.29) is 11.9 Å². The molecule has 1 aliphatic rings. The summed E-state index contributed by atoms with van der Waals surface area (Å²) in [5.74, 6) is 1.66. The fourth-order valence-corrected chi connectivity index (χ4v) is 3.99. The number of fused-ring (bicyclic) bond motifs is 1. The van der Waals surface area contributed by atoms with E-state index in [4.69, 9.17) is 9.47 Å². The summed E-state index contributed by atoms with van der Waals surface area (Å²) >= 11 is 0. The molecular formula is C22H24N2O3. The lowest BCUT2D eigenvalue weighted by molar-refractivity contribution is -0.129. The van der Waals surface area contributed by atoms with E-state index in [2.05, 4.69) is 23.3 Å². The standard InChI is InChI=1S/C22H24N2O3/c1-26-20-9-7-15(13-21(20)27-2)11-12-24-19(8-10-22(24)25)17-14-23-18-6-4-3-5-16(17)18/h3-7,9,13-14,19,23H,8,10-12H2,1-2H3. The van der Waals surface area contributed by atoms with Crippen LogP contribution in [-0.2, 0) is 11.2 Å². The van der Waals surface area contributed by atoms with Crippen LogP contribution in [-0.4, -0.2) is 36.6 Å². The molecule has 0 saturated carbocycles. The van der Waals surface area contributed by atoms with E-state index in [9.17, 15) is 4.79 Å². The summed E-state index contributed by atoms with van der Waals surface area (Å²) in [6.45, 7) is 0.693. The van der Waals surface area contributed by atoms with E-state index in [1.54, 1.807) is 14.2 Å². The average molecular weight is 364 g/mol. The molecule has 1 unspecified atom stereocenters. The van der Waals surface area contributed by atoms with Crippen molar-refractivity contribution in [3.05, 3.63) is 59.8 Å². The Morgan fingerprint density at radius 2 is 1.93 bits per heavy atom. The summed E-state index contributed by atoms with van der Waals surface area (Å²) < 4.78 is 10.7. The second-order valence-corrected chi connectivity index (χ2v) is 6.87. The van der Waals surface area contributed by atoms with Crippen LogP contribution in [0.1, 0.15) is 30.0 Å². The number of amides is 1. The lowest BCUT2D eigenvalue weighted by atomic mass is 10.0. The number of methoxy groups -OCH3 is 2. The highest BCUT2D eigenvalue weighted by Gasteiger charge is 2.33. The van der Waals surface area contributed by atoms with Gasteiger partial charge in [0.1, 0.15) is 0 Å². The number of hydrogen-bond acceptors (Lipinski definition) is 3. The molecule has 2 aromatic carbocycles. The first kappa shape index (κ1) is 17.5. The first-order valence-corrected chi connectivity index (χ1v) is 9.27. The van der Waals surface area contributed by atoms with Crippen molar-refractivity contribution >= 4 is 16.8 Å². The van der Waals surface area contributed by atoms with E-state index < -0.39 is 0 Å². The van der Waals surface area contributed by atoms with E-state index in [1.807, 2.05) is 35.2 Å². The lowest BCUT2D eigenvalue weighted by Crippen LogP contribution is -2.29. The summed E-state index contributed by atoms with van der Waals surface area (Å²) in [6, 6.07) is 14.3. The van der Waals surface area contributed by atoms with Gasteiger partial charge in [-0.25, -0.2) is 0 Å². The third-order valence-electron chi connectivity index (χ3n) is 5.40. The molecule has 1 aromatic heterocycles. The zero-order chi connectivity index (χ0) is 18.8. The topological polar surface area (TPSA) is 54.6 Å². The highest BCUT2D eigenvalue weighted by atomic mass is 16.5. The Balaban J connectivity index is 1.54. The van der Waals surface area contributed by atoms with Gasteiger partial charge in [0, 0.05) is 30.1 Å². The number of rotatable bonds is 6.